The van der Waals surface area contributed by atoms with E-state index in [1.54, 1.807) is 15.9 Å². The van der Waals surface area contributed by atoms with Crippen molar-refractivity contribution < 1.29 is 0 Å². The van der Waals surface area contributed by atoms with Crippen molar-refractivity contribution in [3.63, 3.8) is 0 Å². The van der Waals surface area contributed by atoms with Gasteiger partial charge in [-0.2, -0.15) is 14.6 Å². The first-order chi connectivity index (χ1) is 9.15. The Kier molecular flexibility index (Phi) is 2.94. The van der Waals surface area contributed by atoms with Gasteiger partial charge in [-0.1, -0.05) is 0 Å². The molecule has 0 bridgehead atoms. The molecule has 3 aromatic heterocycles. The van der Waals surface area contributed by atoms with E-state index < -0.39 is 0 Å². The normalized spacial score (nSPS) is 11.1. The van der Waals surface area contributed by atoms with Gasteiger partial charge in [0, 0.05) is 23.7 Å². The summed E-state index contributed by atoms with van der Waals surface area (Å²) in [5.74, 6) is 1.65. The van der Waals surface area contributed by atoms with E-state index >= 15 is 0 Å². The number of hydrogen-bond donors (Lipinski definition) is 0. The van der Waals surface area contributed by atoms with Gasteiger partial charge in [0.15, 0.2) is 0 Å². The molecule has 0 spiro atoms. The summed E-state index contributed by atoms with van der Waals surface area (Å²) in [5, 5.41) is 6.36. The van der Waals surface area contributed by atoms with Crippen molar-refractivity contribution in [1.82, 2.24) is 19.6 Å². The maximum atomic E-state index is 4.36. The second kappa shape index (κ2) is 4.62. The Labute approximate surface area is 115 Å². The maximum Gasteiger partial charge on any atom is 0.254 e. The first-order valence-electron chi connectivity index (χ1n) is 6.06. The molecule has 98 valence electrons. The molecule has 3 aromatic rings. The number of nitrogens with zero attached hydrogens (tertiary/aromatic N) is 5. The van der Waals surface area contributed by atoms with E-state index in [0.29, 0.717) is 5.78 Å². The molecule has 0 aromatic carbocycles. The first-order valence-corrected chi connectivity index (χ1v) is 6.94. The third-order valence-corrected chi connectivity index (χ3v) is 4.11. The lowest BCUT2D eigenvalue weighted by atomic mass is 10.3. The van der Waals surface area contributed by atoms with Crippen molar-refractivity contribution in [1.29, 1.82) is 0 Å². The highest BCUT2D eigenvalue weighted by Gasteiger charge is 2.11. The van der Waals surface area contributed by atoms with Crippen LogP contribution in [-0.2, 0) is 6.54 Å². The zero-order valence-electron chi connectivity index (χ0n) is 11.2. The van der Waals surface area contributed by atoms with E-state index in [0.717, 1.165) is 18.1 Å². The SMILES string of the molecule is Cc1cc(N(C)Cc2sccc2C)n2ncnc2n1. The maximum absolute atomic E-state index is 4.36. The van der Waals surface area contributed by atoms with Crippen LogP contribution in [0.25, 0.3) is 5.78 Å². The van der Waals surface area contributed by atoms with E-state index in [9.17, 15) is 0 Å². The molecule has 0 aliphatic carbocycles. The number of anilines is 1. The third kappa shape index (κ3) is 2.19. The van der Waals surface area contributed by atoms with Crippen molar-refractivity contribution in [2.45, 2.75) is 20.4 Å². The molecule has 0 saturated carbocycles. The van der Waals surface area contributed by atoms with Crippen molar-refractivity contribution in [2.75, 3.05) is 11.9 Å². The van der Waals surface area contributed by atoms with Crippen LogP contribution in [0, 0.1) is 13.8 Å². The first kappa shape index (κ1) is 12.1. The molecular weight excluding hydrogens is 258 g/mol. The monoisotopic (exact) mass is 273 g/mol. The van der Waals surface area contributed by atoms with Crippen LogP contribution in [0.2, 0.25) is 0 Å². The molecule has 6 heteroatoms. The minimum atomic E-state index is 0.643. The molecule has 3 rings (SSSR count). The van der Waals surface area contributed by atoms with Gasteiger partial charge >= 0.3 is 0 Å². The van der Waals surface area contributed by atoms with Gasteiger partial charge in [0.05, 0.1) is 6.54 Å². The van der Waals surface area contributed by atoms with E-state index in [-0.39, 0.29) is 0 Å². The number of thiophene rings is 1. The van der Waals surface area contributed by atoms with Gasteiger partial charge in [0.2, 0.25) is 0 Å². The molecule has 3 heterocycles. The van der Waals surface area contributed by atoms with Crippen LogP contribution in [0.5, 0.6) is 0 Å². The Bertz CT molecular complexity index is 715. The van der Waals surface area contributed by atoms with Crippen LogP contribution in [0.4, 0.5) is 5.82 Å². The topological polar surface area (TPSA) is 46.3 Å². The molecule has 19 heavy (non-hydrogen) atoms. The van der Waals surface area contributed by atoms with E-state index in [4.69, 9.17) is 0 Å². The molecule has 0 aliphatic heterocycles. The van der Waals surface area contributed by atoms with E-state index in [2.05, 4.69) is 45.4 Å². The fourth-order valence-corrected chi connectivity index (χ4v) is 3.00. The fraction of sp³-hybridized carbons (Fsp3) is 0.308. The van der Waals surface area contributed by atoms with Crippen LogP contribution >= 0.6 is 11.3 Å². The molecule has 0 fully saturated rings. The van der Waals surface area contributed by atoms with Gasteiger partial charge < -0.3 is 4.90 Å². The molecule has 0 amide bonds. The van der Waals surface area contributed by atoms with Crippen LogP contribution in [0.1, 0.15) is 16.1 Å². The van der Waals surface area contributed by atoms with Gasteiger partial charge in [-0.25, -0.2) is 4.98 Å². The summed E-state index contributed by atoms with van der Waals surface area (Å²) in [6.45, 7) is 4.98. The minimum Gasteiger partial charge on any atom is -0.354 e. The molecule has 0 unspecified atom stereocenters. The number of aryl methyl sites for hydroxylation is 2. The lowest BCUT2D eigenvalue weighted by Crippen LogP contribution is -2.20. The highest BCUT2D eigenvalue weighted by Crippen LogP contribution is 2.21. The molecule has 0 aliphatic rings. The van der Waals surface area contributed by atoms with Gasteiger partial charge in [0.1, 0.15) is 12.1 Å². The van der Waals surface area contributed by atoms with Crippen molar-refractivity contribution >= 4 is 22.9 Å². The molecule has 0 radical (unpaired) electrons. The molecular formula is C13H15N5S. The smallest absolute Gasteiger partial charge is 0.254 e. The Hall–Kier alpha value is -1.95. The van der Waals surface area contributed by atoms with Crippen molar-refractivity contribution in [3.05, 3.63) is 40.0 Å². The summed E-state index contributed by atoms with van der Waals surface area (Å²) in [6.07, 6.45) is 1.54. The molecule has 0 N–H and O–H groups in total. The second-order valence-corrected chi connectivity index (χ2v) is 5.61. The van der Waals surface area contributed by atoms with E-state index in [1.165, 1.54) is 16.8 Å². The average Bonchev–Trinajstić information content (AvgIpc) is 2.98. The number of rotatable bonds is 3. The highest BCUT2D eigenvalue weighted by atomic mass is 32.1. The summed E-state index contributed by atoms with van der Waals surface area (Å²) < 4.78 is 1.77. The third-order valence-electron chi connectivity index (χ3n) is 3.10. The summed E-state index contributed by atoms with van der Waals surface area (Å²) >= 11 is 1.78. The van der Waals surface area contributed by atoms with Crippen LogP contribution < -0.4 is 4.90 Å². The van der Waals surface area contributed by atoms with Crippen LogP contribution in [0.3, 0.4) is 0 Å². The fourth-order valence-electron chi connectivity index (χ4n) is 2.05. The Morgan fingerprint density at radius 3 is 2.95 bits per heavy atom. The van der Waals surface area contributed by atoms with Gasteiger partial charge in [-0.15, -0.1) is 11.3 Å². The Morgan fingerprint density at radius 1 is 1.37 bits per heavy atom. The predicted molar refractivity (Wildman–Crippen MR) is 76.7 cm³/mol. The molecule has 0 atom stereocenters. The Morgan fingerprint density at radius 2 is 2.21 bits per heavy atom. The second-order valence-electron chi connectivity index (χ2n) is 4.61. The quantitative estimate of drug-likeness (QED) is 0.735. The zero-order valence-corrected chi connectivity index (χ0v) is 12.0. The number of aromatic nitrogens is 4. The zero-order chi connectivity index (χ0) is 13.4. The summed E-state index contributed by atoms with van der Waals surface area (Å²) in [7, 11) is 2.06. The summed E-state index contributed by atoms with van der Waals surface area (Å²) in [6, 6.07) is 4.18. The lowest BCUT2D eigenvalue weighted by Gasteiger charge is -2.19. The largest absolute Gasteiger partial charge is 0.354 e. The van der Waals surface area contributed by atoms with E-state index in [1.807, 2.05) is 13.0 Å². The summed E-state index contributed by atoms with van der Waals surface area (Å²) in [5.41, 5.74) is 2.28. The number of hydrogen-bond acceptors (Lipinski definition) is 5. The molecule has 5 nitrogen and oxygen atoms in total. The predicted octanol–water partition coefficient (Wildman–Crippen LogP) is 2.44. The average molecular weight is 273 g/mol. The van der Waals surface area contributed by atoms with Crippen LogP contribution in [-0.4, -0.2) is 26.6 Å². The Balaban J connectivity index is 1.99. The van der Waals surface area contributed by atoms with Gasteiger partial charge in [-0.3, -0.25) is 0 Å². The summed E-state index contributed by atoms with van der Waals surface area (Å²) in [4.78, 5) is 12.1. The molecule has 0 saturated heterocycles. The highest BCUT2D eigenvalue weighted by molar-refractivity contribution is 7.10. The minimum absolute atomic E-state index is 0.643. The lowest BCUT2D eigenvalue weighted by molar-refractivity contribution is 0.832. The van der Waals surface area contributed by atoms with Gasteiger partial charge in [0.25, 0.3) is 5.78 Å². The van der Waals surface area contributed by atoms with Crippen molar-refractivity contribution in [2.24, 2.45) is 0 Å². The standard InChI is InChI=1S/C13H15N5S/c1-9-4-5-19-11(9)7-17(3)12-6-10(2)16-13-14-8-15-18(12)13/h4-6,8H,7H2,1-3H3. The van der Waals surface area contributed by atoms with Crippen LogP contribution in [0.15, 0.2) is 23.8 Å². The van der Waals surface area contributed by atoms with Crippen molar-refractivity contribution in [3.8, 4) is 0 Å². The number of fused-ring (bicyclic) bond motifs is 1. The van der Waals surface area contributed by atoms with Gasteiger partial charge in [-0.05, 0) is 30.9 Å².